The number of rotatable bonds is 7. The number of aliphatic imine (C=N–C) groups is 1. The molecular weight excluding hydrogens is 453 g/mol. The molecule has 2 rings (SSSR count). The Hall–Kier alpha value is -1.07. The van der Waals surface area contributed by atoms with E-state index < -0.39 is 10.0 Å². The Bertz CT molecular complexity index is 639. The molecule has 0 amide bonds. The number of guanidine groups is 1. The van der Waals surface area contributed by atoms with Crippen LogP contribution in [0.1, 0.15) is 12.8 Å². The van der Waals surface area contributed by atoms with Gasteiger partial charge in [-0.25, -0.2) is 13.1 Å². The second kappa shape index (κ2) is 10.8. The van der Waals surface area contributed by atoms with Crippen molar-refractivity contribution in [3.05, 3.63) is 30.3 Å². The normalized spacial score (nSPS) is 17.9. The summed E-state index contributed by atoms with van der Waals surface area (Å²) < 4.78 is 24.5. The first-order valence-electron chi connectivity index (χ1n) is 8.20. The van der Waals surface area contributed by atoms with Crippen LogP contribution in [0, 0.1) is 0 Å². The number of para-hydroxylation sites is 1. The molecule has 7 nitrogen and oxygen atoms in total. The third-order valence-electron chi connectivity index (χ3n) is 3.88. The van der Waals surface area contributed by atoms with Gasteiger partial charge in [-0.3, -0.25) is 4.99 Å². The number of nitrogens with one attached hydrogen (secondary N) is 3. The monoisotopic (exact) mass is 481 g/mol. The Morgan fingerprint density at radius 1 is 1.28 bits per heavy atom. The Balaban J connectivity index is 0.00000312. The van der Waals surface area contributed by atoms with Crippen molar-refractivity contribution in [2.45, 2.75) is 18.9 Å². The smallest absolute Gasteiger partial charge is 0.208 e. The number of halogens is 1. The lowest BCUT2D eigenvalue weighted by molar-refractivity contribution is 0.583. The Morgan fingerprint density at radius 3 is 2.64 bits per heavy atom. The van der Waals surface area contributed by atoms with Crippen LogP contribution >= 0.6 is 24.0 Å². The molecule has 0 bridgehead atoms. The van der Waals surface area contributed by atoms with Crippen molar-refractivity contribution in [2.24, 2.45) is 4.99 Å². The Morgan fingerprint density at radius 2 is 2.00 bits per heavy atom. The Kier molecular flexibility index (Phi) is 9.51. The van der Waals surface area contributed by atoms with Crippen molar-refractivity contribution in [1.82, 2.24) is 15.4 Å². The second-order valence-electron chi connectivity index (χ2n) is 5.93. The highest BCUT2D eigenvalue weighted by molar-refractivity contribution is 14.0. The van der Waals surface area contributed by atoms with Crippen LogP contribution in [0.5, 0.6) is 0 Å². The van der Waals surface area contributed by atoms with Crippen LogP contribution in [0.25, 0.3) is 0 Å². The van der Waals surface area contributed by atoms with E-state index in [0.717, 1.165) is 25.5 Å². The summed E-state index contributed by atoms with van der Waals surface area (Å²) >= 11 is 0. The lowest BCUT2D eigenvalue weighted by Crippen LogP contribution is -2.45. The first kappa shape index (κ1) is 22.0. The lowest BCUT2D eigenvalue weighted by atomic mass is 10.3. The van der Waals surface area contributed by atoms with Crippen molar-refractivity contribution in [3.63, 3.8) is 0 Å². The van der Waals surface area contributed by atoms with Gasteiger partial charge < -0.3 is 15.5 Å². The van der Waals surface area contributed by atoms with Gasteiger partial charge in [-0.15, -0.1) is 24.0 Å². The second-order valence-corrected chi connectivity index (χ2v) is 7.76. The Labute approximate surface area is 167 Å². The molecule has 0 spiro atoms. The summed E-state index contributed by atoms with van der Waals surface area (Å²) in [4.78, 5) is 6.60. The van der Waals surface area contributed by atoms with Gasteiger partial charge in [0.1, 0.15) is 0 Å². The molecule has 0 aliphatic carbocycles. The number of hydrogen-bond acceptors (Lipinski definition) is 4. The summed E-state index contributed by atoms with van der Waals surface area (Å²) in [6.45, 7) is 3.06. The quantitative estimate of drug-likeness (QED) is 0.234. The molecule has 0 aromatic heterocycles. The van der Waals surface area contributed by atoms with Crippen LogP contribution in [0.3, 0.4) is 0 Å². The van der Waals surface area contributed by atoms with Crippen LogP contribution in [0.15, 0.2) is 35.3 Å². The molecule has 25 heavy (non-hydrogen) atoms. The zero-order chi connectivity index (χ0) is 17.4. The first-order valence-corrected chi connectivity index (χ1v) is 10.1. The molecular formula is C16H28IN5O2S. The number of sulfonamides is 1. The van der Waals surface area contributed by atoms with E-state index in [0.29, 0.717) is 25.6 Å². The summed E-state index contributed by atoms with van der Waals surface area (Å²) in [7, 11) is -1.37. The van der Waals surface area contributed by atoms with Gasteiger partial charge in [0.25, 0.3) is 0 Å². The van der Waals surface area contributed by atoms with Crippen molar-refractivity contribution < 1.29 is 8.42 Å². The first-order chi connectivity index (χ1) is 11.5. The molecule has 1 unspecified atom stereocenters. The topological polar surface area (TPSA) is 85.8 Å². The average molecular weight is 481 g/mol. The maximum absolute atomic E-state index is 11.0. The van der Waals surface area contributed by atoms with Crippen molar-refractivity contribution in [3.8, 4) is 0 Å². The number of anilines is 1. The van der Waals surface area contributed by atoms with E-state index in [-0.39, 0.29) is 24.0 Å². The third-order valence-corrected chi connectivity index (χ3v) is 4.61. The van der Waals surface area contributed by atoms with Gasteiger partial charge in [0.2, 0.25) is 10.0 Å². The van der Waals surface area contributed by atoms with E-state index in [1.807, 2.05) is 6.07 Å². The molecule has 1 heterocycles. The summed E-state index contributed by atoms with van der Waals surface area (Å²) in [6, 6.07) is 10.8. The number of hydrogen-bond donors (Lipinski definition) is 3. The minimum absolute atomic E-state index is 0. The summed E-state index contributed by atoms with van der Waals surface area (Å²) in [6.07, 6.45) is 2.93. The average Bonchev–Trinajstić information content (AvgIpc) is 3.02. The van der Waals surface area contributed by atoms with Gasteiger partial charge in [0.15, 0.2) is 5.96 Å². The van der Waals surface area contributed by atoms with Crippen molar-refractivity contribution in [1.29, 1.82) is 0 Å². The fourth-order valence-corrected chi connectivity index (χ4v) is 3.21. The molecule has 0 saturated carbocycles. The van der Waals surface area contributed by atoms with E-state index in [9.17, 15) is 8.42 Å². The largest absolute Gasteiger partial charge is 0.369 e. The maximum Gasteiger partial charge on any atom is 0.208 e. The van der Waals surface area contributed by atoms with Crippen molar-refractivity contribution in [2.75, 3.05) is 44.4 Å². The molecule has 142 valence electrons. The molecule has 1 aliphatic heterocycles. The fraction of sp³-hybridized carbons (Fsp3) is 0.562. The van der Waals surface area contributed by atoms with Crippen LogP contribution in [0.4, 0.5) is 5.69 Å². The molecule has 1 aromatic rings. The van der Waals surface area contributed by atoms with E-state index >= 15 is 0 Å². The van der Waals surface area contributed by atoms with Gasteiger partial charge in [0.05, 0.1) is 6.26 Å². The van der Waals surface area contributed by atoms with E-state index in [1.165, 1.54) is 11.9 Å². The van der Waals surface area contributed by atoms with Crippen LogP contribution in [0.2, 0.25) is 0 Å². The summed E-state index contributed by atoms with van der Waals surface area (Å²) in [5.74, 6) is 0.759. The zero-order valence-corrected chi connectivity index (χ0v) is 17.9. The van der Waals surface area contributed by atoms with E-state index in [4.69, 9.17) is 0 Å². The molecule has 1 fully saturated rings. The summed E-state index contributed by atoms with van der Waals surface area (Å²) in [5.41, 5.74) is 1.25. The minimum Gasteiger partial charge on any atom is -0.369 e. The lowest BCUT2D eigenvalue weighted by Gasteiger charge is -2.20. The van der Waals surface area contributed by atoms with Gasteiger partial charge in [-0.2, -0.15) is 0 Å². The predicted molar refractivity (Wildman–Crippen MR) is 114 cm³/mol. The zero-order valence-electron chi connectivity index (χ0n) is 14.7. The highest BCUT2D eigenvalue weighted by Gasteiger charge is 2.23. The molecule has 0 radical (unpaired) electrons. The van der Waals surface area contributed by atoms with Crippen LogP contribution in [-0.4, -0.2) is 59.9 Å². The fourth-order valence-electron chi connectivity index (χ4n) is 2.69. The van der Waals surface area contributed by atoms with E-state index in [2.05, 4.69) is 49.5 Å². The number of benzene rings is 1. The van der Waals surface area contributed by atoms with Gasteiger partial charge in [-0.05, 0) is 25.0 Å². The number of nitrogens with zero attached hydrogens (tertiary/aromatic N) is 2. The van der Waals surface area contributed by atoms with Crippen molar-refractivity contribution >= 4 is 45.6 Å². The molecule has 9 heteroatoms. The molecule has 1 aromatic carbocycles. The van der Waals surface area contributed by atoms with Crippen LogP contribution in [-0.2, 0) is 10.0 Å². The van der Waals surface area contributed by atoms with Gasteiger partial charge >= 0.3 is 0 Å². The highest BCUT2D eigenvalue weighted by atomic mass is 127. The summed E-state index contributed by atoms with van der Waals surface area (Å²) in [5, 5.41) is 6.65. The standard InChI is InChI=1S/C16H27N5O2S.HI/c1-17-16(18-10-6-11-19-24(2,22)23)20-14-9-12-21(13-14)15-7-4-3-5-8-15;/h3-5,7-8,14,19H,6,9-13H2,1-2H3,(H2,17,18,20);1H. The highest BCUT2D eigenvalue weighted by Crippen LogP contribution is 2.19. The molecule has 3 N–H and O–H groups in total. The predicted octanol–water partition coefficient (Wildman–Crippen LogP) is 0.988. The van der Waals surface area contributed by atoms with E-state index in [1.54, 1.807) is 7.05 Å². The minimum atomic E-state index is -3.11. The van der Waals surface area contributed by atoms with Gasteiger partial charge in [-0.1, -0.05) is 18.2 Å². The molecule has 1 atom stereocenters. The molecule has 1 saturated heterocycles. The molecule has 1 aliphatic rings. The third kappa shape index (κ3) is 8.23. The SMILES string of the molecule is CN=C(NCCCNS(C)(=O)=O)NC1CCN(c2ccccc2)C1.I. The maximum atomic E-state index is 11.0. The van der Waals surface area contributed by atoms with Gasteiger partial charge in [0, 0.05) is 45.0 Å². The van der Waals surface area contributed by atoms with Crippen LogP contribution < -0.4 is 20.3 Å².